The minimum atomic E-state index is -0.373. The number of hydrogen-bond donors (Lipinski definition) is 1. The average molecular weight is 237 g/mol. The van der Waals surface area contributed by atoms with Crippen LogP contribution in [0.2, 0.25) is 0 Å². The van der Waals surface area contributed by atoms with E-state index in [4.69, 9.17) is 5.73 Å². The van der Waals surface area contributed by atoms with E-state index >= 15 is 0 Å². The van der Waals surface area contributed by atoms with Crippen LogP contribution in [-0.4, -0.2) is 29.3 Å². The monoisotopic (exact) mass is 237 g/mol. The Bertz CT molecular complexity index is 298. The lowest BCUT2D eigenvalue weighted by Gasteiger charge is -2.26. The summed E-state index contributed by atoms with van der Waals surface area (Å²) in [5.74, 6) is 0.0523. The summed E-state index contributed by atoms with van der Waals surface area (Å²) in [7, 11) is 0. The minimum Gasteiger partial charge on any atom is -0.368 e. The first kappa shape index (κ1) is 12.4. The Morgan fingerprint density at radius 2 is 1.76 bits per heavy atom. The highest BCUT2D eigenvalue weighted by Gasteiger charge is 2.33. The van der Waals surface area contributed by atoms with Crippen LogP contribution in [-0.2, 0) is 9.59 Å². The zero-order chi connectivity index (χ0) is 12.3. The van der Waals surface area contributed by atoms with Crippen molar-refractivity contribution in [1.29, 1.82) is 0 Å². The van der Waals surface area contributed by atoms with E-state index in [1.54, 1.807) is 4.90 Å². The fraction of sp³-hybridized carbons (Fsp3) is 0.769. The van der Waals surface area contributed by atoms with Gasteiger partial charge in [0.15, 0.2) is 0 Å². The summed E-state index contributed by atoms with van der Waals surface area (Å²) in [6.07, 6.45) is 9.37. The predicted octanol–water partition coefficient (Wildman–Crippen LogP) is 1.25. The number of amides is 2. The normalized spacial score (nSPS) is 26.1. The molecular weight excluding hydrogens is 216 g/mol. The quantitative estimate of drug-likeness (QED) is 0.803. The van der Waals surface area contributed by atoms with Crippen LogP contribution in [0.4, 0.5) is 0 Å². The Hall–Kier alpha value is -1.06. The predicted molar refractivity (Wildman–Crippen MR) is 64.8 cm³/mol. The van der Waals surface area contributed by atoms with Gasteiger partial charge in [0.05, 0.1) is 6.42 Å². The lowest BCUT2D eigenvalue weighted by Crippen LogP contribution is -2.44. The largest absolute Gasteiger partial charge is 0.368 e. The molecule has 95 valence electrons. The second kappa shape index (κ2) is 5.52. The Morgan fingerprint density at radius 1 is 1.06 bits per heavy atom. The maximum absolute atomic E-state index is 12.1. The molecule has 2 rings (SSSR count). The van der Waals surface area contributed by atoms with Gasteiger partial charge in [-0.3, -0.25) is 9.59 Å². The second-order valence-corrected chi connectivity index (χ2v) is 5.16. The third-order valence-electron chi connectivity index (χ3n) is 3.89. The highest BCUT2D eigenvalue weighted by molar-refractivity contribution is 5.91. The molecule has 2 N–H and O–H groups in total. The number of carbonyl (C=O) groups is 2. The van der Waals surface area contributed by atoms with Crippen molar-refractivity contribution in [2.24, 2.45) is 11.7 Å². The average Bonchev–Trinajstić information content (AvgIpc) is 2.79. The first-order chi connectivity index (χ1) is 8.18. The van der Waals surface area contributed by atoms with Gasteiger partial charge in [-0.1, -0.05) is 19.3 Å². The van der Waals surface area contributed by atoms with Gasteiger partial charge in [0.25, 0.3) is 0 Å². The number of hydrogen-bond acceptors (Lipinski definition) is 2. The van der Waals surface area contributed by atoms with Gasteiger partial charge in [0.1, 0.15) is 6.04 Å². The maximum atomic E-state index is 12.1. The fourth-order valence-electron chi connectivity index (χ4n) is 2.92. The summed E-state index contributed by atoms with van der Waals surface area (Å²) < 4.78 is 0. The van der Waals surface area contributed by atoms with Crippen molar-refractivity contribution in [2.75, 3.05) is 6.54 Å². The van der Waals surface area contributed by atoms with Gasteiger partial charge < -0.3 is 10.6 Å². The van der Waals surface area contributed by atoms with Crippen LogP contribution in [0, 0.1) is 12.3 Å². The Labute approximate surface area is 103 Å². The number of nitrogens with zero attached hydrogens (tertiary/aromatic N) is 1. The van der Waals surface area contributed by atoms with Gasteiger partial charge in [-0.15, -0.1) is 0 Å². The third-order valence-corrected chi connectivity index (χ3v) is 3.89. The van der Waals surface area contributed by atoms with Crippen molar-refractivity contribution >= 4 is 11.8 Å². The lowest BCUT2D eigenvalue weighted by atomic mass is 9.86. The van der Waals surface area contributed by atoms with Crippen LogP contribution < -0.4 is 5.73 Å². The highest BCUT2D eigenvalue weighted by atomic mass is 16.2. The number of primary amides is 1. The first-order valence-electron chi connectivity index (χ1n) is 6.63. The van der Waals surface area contributed by atoms with Crippen molar-refractivity contribution < 1.29 is 9.59 Å². The van der Waals surface area contributed by atoms with Gasteiger partial charge >= 0.3 is 0 Å². The minimum absolute atomic E-state index is 0.0122. The van der Waals surface area contributed by atoms with Crippen LogP contribution in [0.15, 0.2) is 0 Å². The van der Waals surface area contributed by atoms with E-state index in [1.807, 2.05) is 6.42 Å². The molecule has 0 aromatic rings. The molecule has 1 saturated heterocycles. The first-order valence-corrected chi connectivity index (χ1v) is 6.63. The van der Waals surface area contributed by atoms with Gasteiger partial charge in [-0.05, 0) is 31.6 Å². The molecule has 0 spiro atoms. The molecule has 0 unspecified atom stereocenters. The SMILES string of the molecule is NC(=O)[C@H]1CCCN1C(=O)[CH]C1CCCCC1. The molecule has 17 heavy (non-hydrogen) atoms. The van der Waals surface area contributed by atoms with E-state index in [-0.39, 0.29) is 17.9 Å². The van der Waals surface area contributed by atoms with E-state index in [9.17, 15) is 9.59 Å². The summed E-state index contributed by atoms with van der Waals surface area (Å²) >= 11 is 0. The molecule has 1 saturated carbocycles. The summed E-state index contributed by atoms with van der Waals surface area (Å²) in [4.78, 5) is 25.0. The molecule has 0 aromatic carbocycles. The van der Waals surface area contributed by atoms with Gasteiger partial charge in [0.2, 0.25) is 11.8 Å². The molecule has 1 atom stereocenters. The van der Waals surface area contributed by atoms with E-state index < -0.39 is 0 Å². The van der Waals surface area contributed by atoms with Crippen LogP contribution in [0.25, 0.3) is 0 Å². The number of likely N-dealkylation sites (tertiary alicyclic amines) is 1. The Morgan fingerprint density at radius 3 is 2.41 bits per heavy atom. The van der Waals surface area contributed by atoms with Gasteiger partial charge in [-0.25, -0.2) is 0 Å². The standard InChI is InChI=1S/C13H21N2O2/c14-13(17)11-7-4-8-15(11)12(16)9-10-5-2-1-3-6-10/h9-11H,1-8H2,(H2,14,17)/t11-/m1/s1. The van der Waals surface area contributed by atoms with Crippen molar-refractivity contribution in [3.05, 3.63) is 6.42 Å². The van der Waals surface area contributed by atoms with Crippen molar-refractivity contribution in [2.45, 2.75) is 51.0 Å². The van der Waals surface area contributed by atoms with Gasteiger partial charge in [-0.2, -0.15) is 0 Å². The molecule has 2 fully saturated rings. The van der Waals surface area contributed by atoms with Crippen LogP contribution in [0.3, 0.4) is 0 Å². The molecule has 1 aliphatic heterocycles. The molecule has 4 nitrogen and oxygen atoms in total. The molecule has 1 radical (unpaired) electrons. The molecule has 1 heterocycles. The molecule has 2 amide bonds. The number of nitrogens with two attached hydrogens (primary N) is 1. The molecule has 4 heteroatoms. The molecular formula is C13H21N2O2. The highest BCUT2D eigenvalue weighted by Crippen LogP contribution is 2.27. The summed E-state index contributed by atoms with van der Waals surface area (Å²) in [5, 5.41) is 0. The summed E-state index contributed by atoms with van der Waals surface area (Å²) in [6.45, 7) is 0.676. The molecule has 0 aromatic heterocycles. The topological polar surface area (TPSA) is 63.4 Å². The fourth-order valence-corrected chi connectivity index (χ4v) is 2.92. The smallest absolute Gasteiger partial charge is 0.240 e. The van der Waals surface area contributed by atoms with Gasteiger partial charge in [0, 0.05) is 6.54 Å². The Kier molecular flexibility index (Phi) is 4.02. The van der Waals surface area contributed by atoms with Crippen LogP contribution in [0.5, 0.6) is 0 Å². The molecule has 2 aliphatic rings. The summed E-state index contributed by atoms with van der Waals surface area (Å²) in [5.41, 5.74) is 5.31. The zero-order valence-corrected chi connectivity index (χ0v) is 10.2. The Balaban J connectivity index is 1.88. The van der Waals surface area contributed by atoms with Crippen LogP contribution >= 0.6 is 0 Å². The zero-order valence-electron chi connectivity index (χ0n) is 10.2. The number of carbonyl (C=O) groups excluding carboxylic acids is 2. The van der Waals surface area contributed by atoms with Crippen molar-refractivity contribution in [1.82, 2.24) is 4.90 Å². The van der Waals surface area contributed by atoms with Crippen LogP contribution in [0.1, 0.15) is 44.9 Å². The molecule has 0 bridgehead atoms. The maximum Gasteiger partial charge on any atom is 0.240 e. The molecule has 1 aliphatic carbocycles. The second-order valence-electron chi connectivity index (χ2n) is 5.16. The third kappa shape index (κ3) is 2.99. The van der Waals surface area contributed by atoms with E-state index in [2.05, 4.69) is 0 Å². The lowest BCUT2D eigenvalue weighted by molar-refractivity contribution is -0.135. The number of rotatable bonds is 3. The van der Waals surface area contributed by atoms with Crippen molar-refractivity contribution in [3.8, 4) is 0 Å². The van der Waals surface area contributed by atoms with E-state index in [1.165, 1.54) is 19.3 Å². The van der Waals surface area contributed by atoms with Crippen molar-refractivity contribution in [3.63, 3.8) is 0 Å². The summed E-state index contributed by atoms with van der Waals surface area (Å²) in [6, 6.07) is -0.373. The van der Waals surface area contributed by atoms with E-state index in [0.717, 1.165) is 25.7 Å². The van der Waals surface area contributed by atoms with E-state index in [0.29, 0.717) is 12.5 Å².